The number of anilines is 1. The zero-order chi connectivity index (χ0) is 19.9. The molecule has 0 saturated heterocycles. The van der Waals surface area contributed by atoms with Crippen molar-refractivity contribution in [1.29, 1.82) is 0 Å². The Kier molecular flexibility index (Phi) is 7.59. The smallest absolute Gasteiger partial charge is 0.231 e. The number of halogens is 1. The summed E-state index contributed by atoms with van der Waals surface area (Å²) in [7, 11) is 0. The first-order valence-electron chi connectivity index (χ1n) is 9.96. The van der Waals surface area contributed by atoms with Crippen LogP contribution in [0.2, 0.25) is 0 Å². The van der Waals surface area contributed by atoms with Gasteiger partial charge in [-0.3, -0.25) is 9.69 Å². The van der Waals surface area contributed by atoms with E-state index in [0.717, 1.165) is 36.1 Å². The zero-order valence-corrected chi connectivity index (χ0v) is 18.2. The average molecular weight is 446 g/mol. The normalized spacial score (nSPS) is 16.1. The number of ether oxygens (including phenoxy) is 1. The Morgan fingerprint density at radius 3 is 2.68 bits per heavy atom. The van der Waals surface area contributed by atoms with Gasteiger partial charge in [-0.05, 0) is 58.7 Å². The van der Waals surface area contributed by atoms with Crippen LogP contribution in [0.4, 0.5) is 5.82 Å². The van der Waals surface area contributed by atoms with Gasteiger partial charge < -0.3 is 9.64 Å². The predicted molar refractivity (Wildman–Crippen MR) is 116 cm³/mol. The topological polar surface area (TPSA) is 45.7 Å². The van der Waals surface area contributed by atoms with Crippen LogP contribution < -0.4 is 4.90 Å². The summed E-state index contributed by atoms with van der Waals surface area (Å²) in [4.78, 5) is 21.8. The van der Waals surface area contributed by atoms with E-state index in [1.165, 1.54) is 5.56 Å². The highest BCUT2D eigenvalue weighted by Gasteiger charge is 2.27. The molecule has 1 aliphatic rings. The summed E-state index contributed by atoms with van der Waals surface area (Å²) < 4.78 is 6.86. The molecular formula is C22H28BrN3O2. The molecule has 0 spiro atoms. The van der Waals surface area contributed by atoms with Gasteiger partial charge in [0, 0.05) is 23.8 Å². The Labute approximate surface area is 175 Å². The second kappa shape index (κ2) is 10.1. The molecule has 0 aliphatic carbocycles. The Balaban J connectivity index is 1.77. The van der Waals surface area contributed by atoms with E-state index in [2.05, 4.69) is 51.8 Å². The summed E-state index contributed by atoms with van der Waals surface area (Å²) in [5.41, 5.74) is 2.41. The van der Waals surface area contributed by atoms with E-state index in [-0.39, 0.29) is 12.0 Å². The minimum atomic E-state index is -0.191. The van der Waals surface area contributed by atoms with E-state index < -0.39 is 0 Å². The highest BCUT2D eigenvalue weighted by Crippen LogP contribution is 2.30. The summed E-state index contributed by atoms with van der Waals surface area (Å²) in [6.07, 6.45) is 2.77. The number of nitrogens with zero attached hydrogens (tertiary/aromatic N) is 3. The van der Waals surface area contributed by atoms with Gasteiger partial charge >= 0.3 is 0 Å². The van der Waals surface area contributed by atoms with Gasteiger partial charge in [0.05, 0.1) is 19.1 Å². The van der Waals surface area contributed by atoms with E-state index in [4.69, 9.17) is 4.74 Å². The van der Waals surface area contributed by atoms with Crippen LogP contribution >= 0.6 is 15.9 Å². The molecule has 2 heterocycles. The molecule has 1 atom stereocenters. The number of hydrogen-bond donors (Lipinski definition) is 0. The van der Waals surface area contributed by atoms with E-state index in [1.807, 2.05) is 24.3 Å². The molecule has 0 N–H and O–H groups in total. The Morgan fingerprint density at radius 2 is 1.96 bits per heavy atom. The summed E-state index contributed by atoms with van der Waals surface area (Å²) >= 11 is 3.42. The minimum absolute atomic E-state index is 0.0451. The lowest BCUT2D eigenvalue weighted by Crippen LogP contribution is -2.40. The van der Waals surface area contributed by atoms with Gasteiger partial charge in [0.25, 0.3) is 0 Å². The predicted octanol–water partition coefficient (Wildman–Crippen LogP) is 4.22. The van der Waals surface area contributed by atoms with Crippen molar-refractivity contribution < 1.29 is 9.53 Å². The van der Waals surface area contributed by atoms with Crippen molar-refractivity contribution in [3.8, 4) is 0 Å². The Hall–Kier alpha value is -1.76. The second-order valence-corrected chi connectivity index (χ2v) is 7.83. The fourth-order valence-electron chi connectivity index (χ4n) is 3.59. The fourth-order valence-corrected chi connectivity index (χ4v) is 3.83. The molecule has 0 bridgehead atoms. The lowest BCUT2D eigenvalue weighted by atomic mass is 9.95. The van der Waals surface area contributed by atoms with Gasteiger partial charge in [-0.15, -0.1) is 0 Å². The number of hydrogen-bond acceptors (Lipinski definition) is 4. The quantitative estimate of drug-likeness (QED) is 0.609. The number of likely N-dealkylation sites (N-methyl/N-ethyl adjacent to an activating group) is 1. The summed E-state index contributed by atoms with van der Waals surface area (Å²) in [6, 6.07) is 12.1. The van der Waals surface area contributed by atoms with E-state index in [9.17, 15) is 4.79 Å². The molecule has 0 radical (unpaired) electrons. The van der Waals surface area contributed by atoms with Crippen LogP contribution in [-0.4, -0.2) is 48.6 Å². The average Bonchev–Trinajstić information content (AvgIpc) is 2.72. The molecule has 28 heavy (non-hydrogen) atoms. The van der Waals surface area contributed by atoms with Gasteiger partial charge in [-0.2, -0.15) is 0 Å². The third-order valence-corrected chi connectivity index (χ3v) is 5.75. The maximum Gasteiger partial charge on any atom is 0.231 e. The molecule has 0 saturated carbocycles. The number of amides is 1. The molecule has 3 rings (SSSR count). The Bertz CT molecular complexity index is 778. The van der Waals surface area contributed by atoms with Gasteiger partial charge in [-0.1, -0.05) is 38.1 Å². The number of aromatic nitrogens is 1. The molecule has 1 aromatic heterocycles. The lowest BCUT2D eigenvalue weighted by molar-refractivity contribution is -0.122. The van der Waals surface area contributed by atoms with Crippen molar-refractivity contribution >= 4 is 27.7 Å². The van der Waals surface area contributed by atoms with Gasteiger partial charge in [0.1, 0.15) is 5.82 Å². The van der Waals surface area contributed by atoms with Crippen LogP contribution in [0.25, 0.3) is 0 Å². The summed E-state index contributed by atoms with van der Waals surface area (Å²) in [5.74, 6) is 0.730. The van der Waals surface area contributed by atoms with Crippen LogP contribution in [0.5, 0.6) is 0 Å². The molecule has 0 fully saturated rings. The van der Waals surface area contributed by atoms with Crippen molar-refractivity contribution in [2.45, 2.75) is 32.8 Å². The zero-order valence-electron chi connectivity index (χ0n) is 16.6. The molecule has 6 heteroatoms. The van der Waals surface area contributed by atoms with Crippen molar-refractivity contribution in [2.24, 2.45) is 0 Å². The van der Waals surface area contributed by atoms with E-state index >= 15 is 0 Å². The van der Waals surface area contributed by atoms with Crippen molar-refractivity contribution in [1.82, 2.24) is 9.88 Å². The maximum atomic E-state index is 13.3. The first-order valence-corrected chi connectivity index (χ1v) is 10.7. The van der Waals surface area contributed by atoms with Gasteiger partial charge in [0.15, 0.2) is 0 Å². The van der Waals surface area contributed by atoms with Gasteiger partial charge in [-0.25, -0.2) is 4.98 Å². The molecule has 1 aliphatic heterocycles. The number of fused-ring (bicyclic) bond motifs is 1. The third-order valence-electron chi connectivity index (χ3n) is 5.28. The number of carbonyl (C=O) groups is 1. The number of benzene rings is 1. The second-order valence-electron chi connectivity index (χ2n) is 6.92. The molecule has 1 amide bonds. The van der Waals surface area contributed by atoms with E-state index in [0.29, 0.717) is 25.4 Å². The summed E-state index contributed by atoms with van der Waals surface area (Å²) in [6.45, 7) is 8.30. The van der Waals surface area contributed by atoms with Crippen LogP contribution in [-0.2, 0) is 16.0 Å². The third kappa shape index (κ3) is 5.19. The molecule has 150 valence electrons. The standard InChI is InChI=1S/C22H28BrN3O2/c1-3-25(4-2)12-13-26(21-10-9-18(23)16-24-21)22(27)15-20-19-8-6-5-7-17(19)11-14-28-20/h5-10,16,20H,3-4,11-15H2,1-2H3/t20-/m0/s1. The van der Waals surface area contributed by atoms with Gasteiger partial charge in [0.2, 0.25) is 5.91 Å². The lowest BCUT2D eigenvalue weighted by Gasteiger charge is -2.29. The van der Waals surface area contributed by atoms with Crippen molar-refractivity contribution in [3.63, 3.8) is 0 Å². The van der Waals surface area contributed by atoms with Crippen LogP contribution in [0.15, 0.2) is 47.1 Å². The monoisotopic (exact) mass is 445 g/mol. The largest absolute Gasteiger partial charge is 0.373 e. The van der Waals surface area contributed by atoms with Crippen LogP contribution in [0.3, 0.4) is 0 Å². The molecule has 1 aromatic carbocycles. The number of pyridine rings is 1. The highest BCUT2D eigenvalue weighted by molar-refractivity contribution is 9.10. The number of carbonyl (C=O) groups excluding carboxylic acids is 1. The van der Waals surface area contributed by atoms with E-state index in [1.54, 1.807) is 11.1 Å². The SMILES string of the molecule is CCN(CC)CCN(C(=O)C[C@@H]1OCCc2ccccc21)c1ccc(Br)cn1. The first-order chi connectivity index (χ1) is 13.6. The van der Waals surface area contributed by atoms with Crippen molar-refractivity contribution in [2.75, 3.05) is 37.7 Å². The van der Waals surface area contributed by atoms with Crippen LogP contribution in [0, 0.1) is 0 Å². The minimum Gasteiger partial charge on any atom is -0.373 e. The number of rotatable bonds is 8. The maximum absolute atomic E-state index is 13.3. The fraction of sp³-hybridized carbons (Fsp3) is 0.455. The van der Waals surface area contributed by atoms with Crippen molar-refractivity contribution in [3.05, 3.63) is 58.2 Å². The highest BCUT2D eigenvalue weighted by atomic mass is 79.9. The molecule has 5 nitrogen and oxygen atoms in total. The summed E-state index contributed by atoms with van der Waals surface area (Å²) in [5, 5.41) is 0. The molecular weight excluding hydrogens is 418 g/mol. The first kappa shape index (κ1) is 21.0. The molecule has 2 aromatic rings. The molecule has 0 unspecified atom stereocenters. The Morgan fingerprint density at radius 1 is 1.18 bits per heavy atom. The van der Waals surface area contributed by atoms with Crippen LogP contribution in [0.1, 0.15) is 37.5 Å².